The van der Waals surface area contributed by atoms with Gasteiger partial charge in [0.15, 0.2) is 17.3 Å². The molecule has 4 rings (SSSR count). The first-order valence-corrected chi connectivity index (χ1v) is 9.23. The molecule has 152 valence electrons. The minimum atomic E-state index is -0.338. The predicted octanol–water partition coefficient (Wildman–Crippen LogP) is 3.01. The molecule has 4 aromatic heterocycles. The summed E-state index contributed by atoms with van der Waals surface area (Å²) in [4.78, 5) is 16.4. The lowest BCUT2D eigenvalue weighted by Crippen LogP contribution is -2.29. The topological polar surface area (TPSA) is 131 Å². The van der Waals surface area contributed by atoms with Gasteiger partial charge < -0.3 is 24.9 Å². The second-order valence-corrected chi connectivity index (χ2v) is 6.39. The number of nitrogens with zero attached hydrogens (tertiary/aromatic N) is 4. The SMILES string of the molecule is Cc1ccc(Nc2ccc(NCCNC(=O)c3cc(-c4ccco4)on3)nn2)nc1. The van der Waals surface area contributed by atoms with Crippen LogP contribution >= 0.6 is 0 Å². The molecule has 10 nitrogen and oxygen atoms in total. The lowest BCUT2D eigenvalue weighted by molar-refractivity contribution is 0.0946. The number of nitrogens with one attached hydrogen (secondary N) is 3. The number of furan rings is 1. The van der Waals surface area contributed by atoms with Gasteiger partial charge in [-0.15, -0.1) is 10.2 Å². The van der Waals surface area contributed by atoms with Gasteiger partial charge >= 0.3 is 0 Å². The molecule has 1 amide bonds. The Hall–Kier alpha value is -4.21. The summed E-state index contributed by atoms with van der Waals surface area (Å²) in [5, 5.41) is 20.9. The molecule has 0 spiro atoms. The fourth-order valence-corrected chi connectivity index (χ4v) is 2.54. The summed E-state index contributed by atoms with van der Waals surface area (Å²) in [6.45, 7) is 2.82. The lowest BCUT2D eigenvalue weighted by Gasteiger charge is -2.07. The monoisotopic (exact) mass is 405 g/mol. The van der Waals surface area contributed by atoms with Crippen molar-refractivity contribution in [2.45, 2.75) is 6.92 Å². The summed E-state index contributed by atoms with van der Waals surface area (Å²) in [5.41, 5.74) is 1.26. The number of pyridine rings is 1. The van der Waals surface area contributed by atoms with Gasteiger partial charge in [-0.05, 0) is 42.8 Å². The highest BCUT2D eigenvalue weighted by Crippen LogP contribution is 2.20. The van der Waals surface area contributed by atoms with Crippen LogP contribution in [0.3, 0.4) is 0 Å². The summed E-state index contributed by atoms with van der Waals surface area (Å²) in [5.74, 6) is 2.44. The molecule has 10 heteroatoms. The molecule has 0 unspecified atom stereocenters. The summed E-state index contributed by atoms with van der Waals surface area (Å²) in [7, 11) is 0. The van der Waals surface area contributed by atoms with Gasteiger partial charge in [0.1, 0.15) is 11.6 Å². The van der Waals surface area contributed by atoms with Crippen molar-refractivity contribution in [3.8, 4) is 11.5 Å². The number of hydrogen-bond donors (Lipinski definition) is 3. The highest BCUT2D eigenvalue weighted by Gasteiger charge is 2.14. The van der Waals surface area contributed by atoms with Crippen molar-refractivity contribution in [1.29, 1.82) is 0 Å². The minimum Gasteiger partial charge on any atom is -0.461 e. The Morgan fingerprint density at radius 3 is 2.57 bits per heavy atom. The van der Waals surface area contributed by atoms with E-state index in [9.17, 15) is 4.79 Å². The number of amides is 1. The maximum atomic E-state index is 12.1. The zero-order valence-corrected chi connectivity index (χ0v) is 16.1. The third-order valence-electron chi connectivity index (χ3n) is 4.06. The second kappa shape index (κ2) is 8.86. The van der Waals surface area contributed by atoms with Crippen LogP contribution in [-0.4, -0.2) is 39.3 Å². The maximum absolute atomic E-state index is 12.1. The molecule has 0 aromatic carbocycles. The van der Waals surface area contributed by atoms with Gasteiger partial charge in [0.25, 0.3) is 5.91 Å². The van der Waals surface area contributed by atoms with Gasteiger partial charge in [-0.1, -0.05) is 11.2 Å². The van der Waals surface area contributed by atoms with Crippen molar-refractivity contribution < 1.29 is 13.7 Å². The number of carbonyl (C=O) groups excluding carboxylic acids is 1. The fourth-order valence-electron chi connectivity index (χ4n) is 2.54. The van der Waals surface area contributed by atoms with Crippen molar-refractivity contribution in [3.05, 3.63) is 66.2 Å². The third-order valence-corrected chi connectivity index (χ3v) is 4.06. The molecule has 0 saturated heterocycles. The van der Waals surface area contributed by atoms with Gasteiger partial charge in [0.05, 0.1) is 6.26 Å². The van der Waals surface area contributed by atoms with Crippen LogP contribution < -0.4 is 16.0 Å². The Morgan fingerprint density at radius 1 is 1.00 bits per heavy atom. The highest BCUT2D eigenvalue weighted by atomic mass is 16.5. The predicted molar refractivity (Wildman–Crippen MR) is 109 cm³/mol. The summed E-state index contributed by atoms with van der Waals surface area (Å²) < 4.78 is 10.3. The van der Waals surface area contributed by atoms with Crippen LogP contribution in [0.25, 0.3) is 11.5 Å². The number of carbonyl (C=O) groups is 1. The van der Waals surface area contributed by atoms with E-state index >= 15 is 0 Å². The van der Waals surface area contributed by atoms with Crippen LogP contribution in [0.1, 0.15) is 16.1 Å². The molecular formula is C20H19N7O3. The number of hydrogen-bond acceptors (Lipinski definition) is 9. The van der Waals surface area contributed by atoms with E-state index in [1.165, 1.54) is 12.3 Å². The van der Waals surface area contributed by atoms with E-state index in [0.29, 0.717) is 42.1 Å². The average Bonchev–Trinajstić information content (AvgIpc) is 3.46. The Morgan fingerprint density at radius 2 is 1.83 bits per heavy atom. The highest BCUT2D eigenvalue weighted by molar-refractivity contribution is 5.92. The maximum Gasteiger partial charge on any atom is 0.273 e. The van der Waals surface area contributed by atoms with Crippen molar-refractivity contribution in [2.24, 2.45) is 0 Å². The molecule has 4 heterocycles. The van der Waals surface area contributed by atoms with Gasteiger partial charge in [-0.2, -0.15) is 0 Å². The molecule has 4 aromatic rings. The number of aromatic nitrogens is 4. The van der Waals surface area contributed by atoms with Crippen molar-refractivity contribution in [1.82, 2.24) is 25.7 Å². The van der Waals surface area contributed by atoms with Crippen molar-refractivity contribution >= 4 is 23.4 Å². The Balaban J connectivity index is 1.21. The molecule has 0 saturated carbocycles. The third kappa shape index (κ3) is 4.79. The van der Waals surface area contributed by atoms with E-state index in [1.54, 1.807) is 30.5 Å². The molecule has 0 aliphatic heterocycles. The summed E-state index contributed by atoms with van der Waals surface area (Å²) in [6.07, 6.45) is 3.30. The Labute approximate surface area is 171 Å². The van der Waals surface area contributed by atoms with E-state index < -0.39 is 0 Å². The second-order valence-electron chi connectivity index (χ2n) is 6.39. The van der Waals surface area contributed by atoms with Crippen LogP contribution in [0.15, 0.2) is 63.9 Å². The molecule has 0 radical (unpaired) electrons. The molecule has 0 aliphatic carbocycles. The number of rotatable bonds is 8. The van der Waals surface area contributed by atoms with E-state index in [0.717, 1.165) is 5.56 Å². The number of aryl methyl sites for hydroxylation is 1. The Bertz CT molecular complexity index is 1090. The molecule has 0 atom stereocenters. The van der Waals surface area contributed by atoms with E-state index in [-0.39, 0.29) is 11.6 Å². The molecule has 30 heavy (non-hydrogen) atoms. The fraction of sp³-hybridized carbons (Fsp3) is 0.150. The van der Waals surface area contributed by atoms with E-state index in [2.05, 4.69) is 36.3 Å². The molecule has 0 bridgehead atoms. The van der Waals surface area contributed by atoms with Crippen LogP contribution in [0.2, 0.25) is 0 Å². The van der Waals surface area contributed by atoms with Crippen molar-refractivity contribution in [3.63, 3.8) is 0 Å². The zero-order valence-electron chi connectivity index (χ0n) is 16.1. The molecular weight excluding hydrogens is 386 g/mol. The summed E-state index contributed by atoms with van der Waals surface area (Å²) in [6, 6.07) is 12.4. The van der Waals surface area contributed by atoms with Gasteiger partial charge in [-0.3, -0.25) is 4.79 Å². The first kappa shape index (κ1) is 19.1. The normalized spacial score (nSPS) is 10.6. The molecule has 0 fully saturated rings. The largest absolute Gasteiger partial charge is 0.461 e. The zero-order chi connectivity index (χ0) is 20.8. The van der Waals surface area contributed by atoms with Crippen LogP contribution in [-0.2, 0) is 0 Å². The Kier molecular flexibility index (Phi) is 5.65. The van der Waals surface area contributed by atoms with E-state index in [4.69, 9.17) is 8.94 Å². The molecule has 0 aliphatic rings. The lowest BCUT2D eigenvalue weighted by atomic mass is 10.3. The van der Waals surface area contributed by atoms with Gasteiger partial charge in [-0.25, -0.2) is 4.98 Å². The van der Waals surface area contributed by atoms with Crippen LogP contribution in [0, 0.1) is 6.92 Å². The van der Waals surface area contributed by atoms with Crippen LogP contribution in [0.5, 0.6) is 0 Å². The minimum absolute atomic E-state index is 0.182. The smallest absolute Gasteiger partial charge is 0.273 e. The molecule has 3 N–H and O–H groups in total. The standard InChI is InChI=1S/C20H19N7O3/c1-13-4-5-17(23-12-13)24-19-7-6-18(25-26-19)21-8-9-22-20(28)14-11-16(30-27-14)15-3-2-10-29-15/h2-7,10-12H,8-9H2,1H3,(H,21,25)(H,22,28)(H,23,24,26). The first-order chi connectivity index (χ1) is 14.7. The first-order valence-electron chi connectivity index (χ1n) is 9.23. The van der Waals surface area contributed by atoms with Gasteiger partial charge in [0, 0.05) is 25.4 Å². The van der Waals surface area contributed by atoms with E-state index in [1.807, 2.05) is 19.1 Å². The van der Waals surface area contributed by atoms with Gasteiger partial charge in [0.2, 0.25) is 5.76 Å². The number of anilines is 3. The summed E-state index contributed by atoms with van der Waals surface area (Å²) >= 11 is 0. The van der Waals surface area contributed by atoms with Crippen LogP contribution in [0.4, 0.5) is 17.5 Å². The van der Waals surface area contributed by atoms with Crippen molar-refractivity contribution in [2.75, 3.05) is 23.7 Å². The quantitative estimate of drug-likeness (QED) is 0.379. The average molecular weight is 405 g/mol.